The molecule has 3 aliphatic rings. The van der Waals surface area contributed by atoms with Crippen LogP contribution in [0.4, 0.5) is 17.1 Å². The number of anilines is 3. The Morgan fingerprint density at radius 3 is 2.27 bits per heavy atom. The van der Waals surface area contributed by atoms with Gasteiger partial charge in [0.05, 0.1) is 11.6 Å². The highest BCUT2D eigenvalue weighted by molar-refractivity contribution is 6.35. The molecule has 3 atom stereocenters. The predicted molar refractivity (Wildman–Crippen MR) is 187 cm³/mol. The van der Waals surface area contributed by atoms with E-state index in [1.165, 1.54) is 17.7 Å². The Morgan fingerprint density at radius 2 is 1.62 bits per heavy atom. The van der Waals surface area contributed by atoms with Gasteiger partial charge in [0, 0.05) is 59.9 Å². The Bertz CT molecular complexity index is 1690. The van der Waals surface area contributed by atoms with Gasteiger partial charge in [-0.25, -0.2) is 4.68 Å². The summed E-state index contributed by atoms with van der Waals surface area (Å²) in [6.07, 6.45) is 4.18. The summed E-state index contributed by atoms with van der Waals surface area (Å²) in [6.45, 7) is 9.82. The van der Waals surface area contributed by atoms with E-state index < -0.39 is 5.79 Å². The fraction of sp³-hybridized carbons (Fsp3) is 0.412. The number of rotatable bonds is 11. The van der Waals surface area contributed by atoms with E-state index in [2.05, 4.69) is 90.6 Å². The number of tetrazole rings is 1. The number of benzene rings is 3. The Kier molecular flexibility index (Phi) is 9.58. The van der Waals surface area contributed by atoms with Crippen molar-refractivity contribution in [1.82, 2.24) is 25.2 Å². The predicted octanol–water partition coefficient (Wildman–Crippen LogP) is 5.48. The second kappa shape index (κ2) is 14.2. The maximum Gasteiger partial charge on any atom is 0.217 e. The van der Waals surface area contributed by atoms with Crippen LogP contribution in [0.1, 0.15) is 25.8 Å². The standard InChI is InChI=1S/C34H39Cl2N9O3/c1-3-25(2)45-24-43(23-38-45)29-7-5-27(6-8-29)41-14-16-42(17-15-41)28-9-11-30(12-10-28)46-19-31-20-47-34(48-31,21-44-22-37-39-40-44)32-13-4-26(35)18-33(32)36/h4-13,18,22-23,25,31H,3,14-17,19-21,24H2,1-2H3/t25?,31-,34-/m1/s1. The molecule has 0 radical (unpaired) electrons. The van der Waals surface area contributed by atoms with Crippen molar-refractivity contribution in [1.29, 1.82) is 0 Å². The number of ether oxygens (including phenoxy) is 3. The van der Waals surface area contributed by atoms with Crippen molar-refractivity contribution >= 4 is 46.6 Å². The summed E-state index contributed by atoms with van der Waals surface area (Å²) in [5, 5.41) is 19.1. The Labute approximate surface area is 290 Å². The third-order valence-corrected chi connectivity index (χ3v) is 9.71. The summed E-state index contributed by atoms with van der Waals surface area (Å²) in [7, 11) is 0. The van der Waals surface area contributed by atoms with Crippen LogP contribution in [0.25, 0.3) is 0 Å². The molecule has 0 N–H and O–H groups in total. The molecule has 48 heavy (non-hydrogen) atoms. The average Bonchev–Trinajstić information content (AvgIpc) is 3.90. The lowest BCUT2D eigenvalue weighted by Gasteiger charge is -2.37. The van der Waals surface area contributed by atoms with Gasteiger partial charge in [-0.2, -0.15) is 5.10 Å². The van der Waals surface area contributed by atoms with Crippen molar-refractivity contribution < 1.29 is 14.2 Å². The average molecular weight is 693 g/mol. The first-order valence-corrected chi connectivity index (χ1v) is 17.0. The zero-order chi connectivity index (χ0) is 33.1. The molecule has 252 valence electrons. The van der Waals surface area contributed by atoms with Crippen molar-refractivity contribution in [2.45, 2.75) is 44.7 Å². The normalized spacial score (nSPS) is 21.7. The minimum atomic E-state index is -1.18. The molecule has 0 spiro atoms. The largest absolute Gasteiger partial charge is 0.491 e. The van der Waals surface area contributed by atoms with Crippen LogP contribution in [0.5, 0.6) is 5.75 Å². The summed E-state index contributed by atoms with van der Waals surface area (Å²) in [4.78, 5) is 7.05. The summed E-state index contributed by atoms with van der Waals surface area (Å²) >= 11 is 12.7. The lowest BCUT2D eigenvalue weighted by Crippen LogP contribution is -2.46. The molecular weight excluding hydrogens is 653 g/mol. The molecule has 4 aromatic rings. The van der Waals surface area contributed by atoms with Crippen LogP contribution in [0, 0.1) is 0 Å². The zero-order valence-electron chi connectivity index (χ0n) is 27.0. The lowest BCUT2D eigenvalue weighted by atomic mass is 10.1. The monoisotopic (exact) mass is 691 g/mol. The number of nitrogens with zero attached hydrogens (tertiary/aromatic N) is 9. The molecule has 14 heteroatoms. The SMILES string of the molecule is CCC(C)N1CN(c2ccc(N3CCN(c4ccc(OC[C@@H]5CO[C@@](Cn6cnnn6)(c6ccc(Cl)cc6Cl)O5)cc4)CC3)cc2)C=N1. The highest BCUT2D eigenvalue weighted by Crippen LogP contribution is 2.40. The molecule has 4 heterocycles. The molecule has 2 saturated heterocycles. The lowest BCUT2D eigenvalue weighted by molar-refractivity contribution is -0.190. The minimum Gasteiger partial charge on any atom is -0.491 e. The van der Waals surface area contributed by atoms with Gasteiger partial charge in [0.15, 0.2) is 0 Å². The smallest absolute Gasteiger partial charge is 0.217 e. The Hall–Kier alpha value is -4.10. The molecule has 2 fully saturated rings. The van der Waals surface area contributed by atoms with E-state index in [-0.39, 0.29) is 12.6 Å². The number of hydrogen-bond donors (Lipinski definition) is 0. The van der Waals surface area contributed by atoms with E-state index >= 15 is 0 Å². The van der Waals surface area contributed by atoms with Crippen molar-refractivity contribution in [3.8, 4) is 5.75 Å². The summed E-state index contributed by atoms with van der Waals surface area (Å²) in [5.74, 6) is -0.421. The maximum atomic E-state index is 6.57. The first-order valence-electron chi connectivity index (χ1n) is 16.3. The number of hydrazone groups is 1. The van der Waals surface area contributed by atoms with E-state index in [1.807, 2.05) is 18.5 Å². The molecule has 7 rings (SSSR count). The van der Waals surface area contributed by atoms with Gasteiger partial charge >= 0.3 is 0 Å². The molecule has 1 aromatic heterocycles. The van der Waals surface area contributed by atoms with Crippen LogP contribution in [-0.4, -0.2) is 89.8 Å². The number of halogens is 2. The minimum absolute atomic E-state index is 0.219. The van der Waals surface area contributed by atoms with E-state index in [0.717, 1.165) is 50.7 Å². The first kappa shape index (κ1) is 32.4. The van der Waals surface area contributed by atoms with E-state index in [9.17, 15) is 0 Å². The molecule has 12 nitrogen and oxygen atoms in total. The molecule has 0 amide bonds. The maximum absolute atomic E-state index is 6.57. The molecule has 1 unspecified atom stereocenters. The highest BCUT2D eigenvalue weighted by atomic mass is 35.5. The van der Waals surface area contributed by atoms with Crippen LogP contribution in [0.15, 0.2) is 78.2 Å². The van der Waals surface area contributed by atoms with Crippen molar-refractivity contribution in [3.05, 3.63) is 88.7 Å². The summed E-state index contributed by atoms with van der Waals surface area (Å²) in [6, 6.07) is 22.7. The molecule has 0 saturated carbocycles. The zero-order valence-corrected chi connectivity index (χ0v) is 28.5. The fourth-order valence-corrected chi connectivity index (χ4v) is 6.76. The molecule has 0 bridgehead atoms. The topological polar surface area (TPSA) is 96.6 Å². The fourth-order valence-electron chi connectivity index (χ4n) is 6.21. The van der Waals surface area contributed by atoms with Gasteiger partial charge in [-0.3, -0.25) is 5.01 Å². The van der Waals surface area contributed by atoms with Crippen LogP contribution >= 0.6 is 23.2 Å². The number of hydrogen-bond acceptors (Lipinski definition) is 11. The van der Waals surface area contributed by atoms with Crippen molar-refractivity contribution in [2.24, 2.45) is 5.10 Å². The third kappa shape index (κ3) is 7.02. The van der Waals surface area contributed by atoms with Gasteiger partial charge in [0.2, 0.25) is 5.79 Å². The van der Waals surface area contributed by atoms with E-state index in [1.54, 1.807) is 22.9 Å². The van der Waals surface area contributed by atoms with Gasteiger partial charge in [-0.15, -0.1) is 5.10 Å². The Balaban J connectivity index is 0.906. The molecule has 3 aromatic carbocycles. The Morgan fingerprint density at radius 1 is 0.938 bits per heavy atom. The van der Waals surface area contributed by atoms with Crippen molar-refractivity contribution in [2.75, 3.05) is 60.8 Å². The van der Waals surface area contributed by atoms with Gasteiger partial charge in [0.1, 0.15) is 44.3 Å². The summed E-state index contributed by atoms with van der Waals surface area (Å²) in [5.41, 5.74) is 4.24. The van der Waals surface area contributed by atoms with E-state index in [0.29, 0.717) is 34.9 Å². The van der Waals surface area contributed by atoms with Gasteiger partial charge in [-0.1, -0.05) is 36.2 Å². The molecular formula is C34H39Cl2N9O3. The molecule has 0 aliphatic carbocycles. The number of piperazine rings is 1. The van der Waals surface area contributed by atoms with Crippen LogP contribution in [0.2, 0.25) is 10.0 Å². The first-order chi connectivity index (χ1) is 23.4. The third-order valence-electron chi connectivity index (χ3n) is 9.16. The van der Waals surface area contributed by atoms with Gasteiger partial charge in [-0.05, 0) is 84.4 Å². The quantitative estimate of drug-likeness (QED) is 0.201. The summed E-state index contributed by atoms with van der Waals surface area (Å²) < 4.78 is 20.4. The van der Waals surface area contributed by atoms with E-state index in [4.69, 9.17) is 37.4 Å². The van der Waals surface area contributed by atoms with Crippen LogP contribution in [0.3, 0.4) is 0 Å². The highest BCUT2D eigenvalue weighted by Gasteiger charge is 2.45. The number of aromatic nitrogens is 4. The van der Waals surface area contributed by atoms with Gasteiger partial charge in [0.25, 0.3) is 0 Å². The van der Waals surface area contributed by atoms with Crippen LogP contribution < -0.4 is 19.4 Å². The van der Waals surface area contributed by atoms with Crippen molar-refractivity contribution in [3.63, 3.8) is 0 Å². The molecule has 3 aliphatic heterocycles. The van der Waals surface area contributed by atoms with Gasteiger partial charge < -0.3 is 28.9 Å². The second-order valence-corrected chi connectivity index (χ2v) is 13.1. The van der Waals surface area contributed by atoms with Crippen LogP contribution in [-0.2, 0) is 21.8 Å². The second-order valence-electron chi connectivity index (χ2n) is 12.3.